The van der Waals surface area contributed by atoms with Crippen molar-refractivity contribution < 1.29 is 27.8 Å². The maximum absolute atomic E-state index is 12.5. The minimum absolute atomic E-state index is 0.0503. The Morgan fingerprint density at radius 1 is 1.10 bits per heavy atom. The van der Waals surface area contributed by atoms with Gasteiger partial charge in [-0.3, -0.25) is 4.79 Å². The van der Waals surface area contributed by atoms with Gasteiger partial charge in [-0.1, -0.05) is 31.2 Å². The van der Waals surface area contributed by atoms with Crippen molar-refractivity contribution in [2.24, 2.45) is 0 Å². The van der Waals surface area contributed by atoms with Crippen LogP contribution in [0.4, 0.5) is 8.78 Å². The number of hydrogen-bond donors (Lipinski definition) is 1. The Kier molecular flexibility index (Phi) is 8.45. The van der Waals surface area contributed by atoms with Gasteiger partial charge in [0.1, 0.15) is 5.75 Å². The van der Waals surface area contributed by atoms with Gasteiger partial charge < -0.3 is 19.5 Å². The molecule has 1 N–H and O–H groups in total. The Morgan fingerprint density at radius 3 is 2.52 bits per heavy atom. The number of ether oxygens (including phenoxy) is 3. The number of hydrogen-bond acceptors (Lipinski definition) is 4. The number of carbonyl (C=O) groups is 1. The van der Waals surface area contributed by atoms with E-state index >= 15 is 0 Å². The van der Waals surface area contributed by atoms with Crippen LogP contribution < -0.4 is 19.5 Å². The second kappa shape index (κ2) is 11.0. The van der Waals surface area contributed by atoms with E-state index < -0.39 is 6.61 Å². The third-order valence-electron chi connectivity index (χ3n) is 4.15. The Hall–Kier alpha value is -3.09. The predicted molar refractivity (Wildman–Crippen MR) is 107 cm³/mol. The van der Waals surface area contributed by atoms with E-state index in [1.807, 2.05) is 31.2 Å². The maximum Gasteiger partial charge on any atom is 0.387 e. The van der Waals surface area contributed by atoms with Crippen LogP contribution in [-0.4, -0.2) is 26.2 Å². The zero-order chi connectivity index (χ0) is 21.2. The van der Waals surface area contributed by atoms with Gasteiger partial charge in [0.25, 0.3) is 0 Å². The van der Waals surface area contributed by atoms with E-state index in [-0.39, 0.29) is 23.4 Å². The number of benzene rings is 2. The number of para-hydroxylation sites is 1. The molecule has 0 aliphatic heterocycles. The molecule has 0 heterocycles. The molecule has 0 bridgehead atoms. The molecule has 1 atom stereocenters. The molecule has 5 nitrogen and oxygen atoms in total. The number of rotatable bonds is 10. The zero-order valence-corrected chi connectivity index (χ0v) is 16.7. The summed E-state index contributed by atoms with van der Waals surface area (Å²) in [6.07, 6.45) is 3.66. The van der Waals surface area contributed by atoms with Crippen LogP contribution in [0.5, 0.6) is 17.2 Å². The quantitative estimate of drug-likeness (QED) is 0.567. The number of methoxy groups -OCH3 is 1. The van der Waals surface area contributed by atoms with Crippen molar-refractivity contribution in [3.8, 4) is 17.2 Å². The monoisotopic (exact) mass is 405 g/mol. The van der Waals surface area contributed by atoms with Crippen LogP contribution in [0.1, 0.15) is 37.4 Å². The van der Waals surface area contributed by atoms with Crippen LogP contribution in [0.3, 0.4) is 0 Å². The summed E-state index contributed by atoms with van der Waals surface area (Å²) >= 11 is 0. The van der Waals surface area contributed by atoms with Crippen LogP contribution >= 0.6 is 0 Å². The first-order valence-corrected chi connectivity index (χ1v) is 9.31. The molecule has 0 radical (unpaired) electrons. The molecule has 0 saturated heterocycles. The molecule has 2 rings (SSSR count). The second-order valence-corrected chi connectivity index (χ2v) is 6.06. The Labute approximate surface area is 169 Å². The average molecular weight is 405 g/mol. The minimum Gasteiger partial charge on any atom is -0.496 e. The predicted octanol–water partition coefficient (Wildman–Crippen LogP) is 4.98. The first-order valence-electron chi connectivity index (χ1n) is 9.31. The fourth-order valence-electron chi connectivity index (χ4n) is 2.84. The SMILES string of the molecule is CCOc1cc(/C=C/C(=O)NC(CC)c2ccccc2OC)ccc1OC(F)F. The van der Waals surface area contributed by atoms with E-state index in [1.165, 1.54) is 12.1 Å². The van der Waals surface area contributed by atoms with E-state index in [1.54, 1.807) is 32.2 Å². The van der Waals surface area contributed by atoms with E-state index in [0.29, 0.717) is 24.3 Å². The topological polar surface area (TPSA) is 56.8 Å². The van der Waals surface area contributed by atoms with Crippen molar-refractivity contribution in [3.05, 3.63) is 59.7 Å². The summed E-state index contributed by atoms with van der Waals surface area (Å²) in [5, 5.41) is 2.94. The summed E-state index contributed by atoms with van der Waals surface area (Å²) in [5.74, 6) is 0.565. The van der Waals surface area contributed by atoms with Gasteiger partial charge in [0.05, 0.1) is 19.8 Å². The maximum atomic E-state index is 12.5. The van der Waals surface area contributed by atoms with Crippen molar-refractivity contribution in [3.63, 3.8) is 0 Å². The highest BCUT2D eigenvalue weighted by atomic mass is 19.3. The smallest absolute Gasteiger partial charge is 0.387 e. The van der Waals surface area contributed by atoms with Crippen molar-refractivity contribution in [1.29, 1.82) is 0 Å². The fourth-order valence-corrected chi connectivity index (χ4v) is 2.84. The lowest BCUT2D eigenvalue weighted by Crippen LogP contribution is -2.26. The minimum atomic E-state index is -2.94. The van der Waals surface area contributed by atoms with Crippen LogP contribution in [-0.2, 0) is 4.79 Å². The van der Waals surface area contributed by atoms with E-state index in [2.05, 4.69) is 10.1 Å². The number of amides is 1. The van der Waals surface area contributed by atoms with Gasteiger partial charge in [-0.2, -0.15) is 8.78 Å². The molecular formula is C22H25F2NO4. The molecular weight excluding hydrogens is 380 g/mol. The summed E-state index contributed by atoms with van der Waals surface area (Å²) < 4.78 is 40.1. The van der Waals surface area contributed by atoms with Gasteiger partial charge in [-0.05, 0) is 43.2 Å². The normalized spacial score (nSPS) is 12.1. The Morgan fingerprint density at radius 2 is 1.86 bits per heavy atom. The highest BCUT2D eigenvalue weighted by Crippen LogP contribution is 2.30. The molecule has 0 aromatic heterocycles. The number of nitrogens with one attached hydrogen (secondary N) is 1. The third kappa shape index (κ3) is 6.48. The molecule has 0 aliphatic rings. The van der Waals surface area contributed by atoms with Crippen LogP contribution in [0.15, 0.2) is 48.5 Å². The molecule has 1 amide bonds. The highest BCUT2D eigenvalue weighted by Gasteiger charge is 2.15. The zero-order valence-electron chi connectivity index (χ0n) is 16.7. The molecule has 2 aromatic carbocycles. The largest absolute Gasteiger partial charge is 0.496 e. The van der Waals surface area contributed by atoms with Gasteiger partial charge in [0.15, 0.2) is 11.5 Å². The molecule has 7 heteroatoms. The summed E-state index contributed by atoms with van der Waals surface area (Å²) in [4.78, 5) is 12.4. The molecule has 2 aromatic rings. The lowest BCUT2D eigenvalue weighted by atomic mass is 10.0. The van der Waals surface area contributed by atoms with Gasteiger partial charge in [-0.15, -0.1) is 0 Å². The van der Waals surface area contributed by atoms with Gasteiger partial charge in [0.2, 0.25) is 5.91 Å². The van der Waals surface area contributed by atoms with E-state index in [0.717, 1.165) is 5.56 Å². The molecule has 0 spiro atoms. The van der Waals surface area contributed by atoms with E-state index in [9.17, 15) is 13.6 Å². The third-order valence-corrected chi connectivity index (χ3v) is 4.15. The lowest BCUT2D eigenvalue weighted by Gasteiger charge is -2.19. The van der Waals surface area contributed by atoms with Crippen LogP contribution in [0, 0.1) is 0 Å². The average Bonchev–Trinajstić information content (AvgIpc) is 2.72. The molecule has 156 valence electrons. The Balaban J connectivity index is 2.12. The molecule has 29 heavy (non-hydrogen) atoms. The number of carbonyl (C=O) groups excluding carboxylic acids is 1. The Bertz CT molecular complexity index is 839. The molecule has 0 aliphatic carbocycles. The molecule has 0 fully saturated rings. The molecule has 0 saturated carbocycles. The second-order valence-electron chi connectivity index (χ2n) is 6.06. The van der Waals surface area contributed by atoms with Crippen molar-refractivity contribution in [1.82, 2.24) is 5.32 Å². The first-order chi connectivity index (χ1) is 14.0. The van der Waals surface area contributed by atoms with Crippen molar-refractivity contribution >= 4 is 12.0 Å². The lowest BCUT2D eigenvalue weighted by molar-refractivity contribution is -0.117. The van der Waals surface area contributed by atoms with E-state index in [4.69, 9.17) is 9.47 Å². The first kappa shape index (κ1) is 22.2. The number of alkyl halides is 2. The standard InChI is InChI=1S/C22H25F2NO4/c1-4-17(16-8-6-7-9-18(16)27-3)25-21(26)13-11-15-10-12-19(29-22(23)24)20(14-15)28-5-2/h6-14,17,22H,4-5H2,1-3H3,(H,25,26)/b13-11+. The highest BCUT2D eigenvalue weighted by molar-refractivity contribution is 5.92. The number of halogens is 2. The molecule has 1 unspecified atom stereocenters. The van der Waals surface area contributed by atoms with Crippen molar-refractivity contribution in [2.75, 3.05) is 13.7 Å². The van der Waals surface area contributed by atoms with Crippen LogP contribution in [0.25, 0.3) is 6.08 Å². The van der Waals surface area contributed by atoms with Crippen molar-refractivity contribution in [2.45, 2.75) is 32.9 Å². The van der Waals surface area contributed by atoms with Crippen LogP contribution in [0.2, 0.25) is 0 Å². The summed E-state index contributed by atoms with van der Waals surface area (Å²) in [6.45, 7) is 1.06. The van der Waals surface area contributed by atoms with Gasteiger partial charge in [0, 0.05) is 11.6 Å². The van der Waals surface area contributed by atoms with Gasteiger partial charge >= 0.3 is 6.61 Å². The summed E-state index contributed by atoms with van der Waals surface area (Å²) in [5.41, 5.74) is 1.52. The summed E-state index contributed by atoms with van der Waals surface area (Å²) in [6, 6.07) is 11.8. The fraction of sp³-hybridized carbons (Fsp3) is 0.318. The summed E-state index contributed by atoms with van der Waals surface area (Å²) in [7, 11) is 1.59. The van der Waals surface area contributed by atoms with Gasteiger partial charge in [-0.25, -0.2) is 0 Å².